The second kappa shape index (κ2) is 6.10. The maximum absolute atomic E-state index is 9.51. The molecular formula is C15H20N6O. The zero-order chi connectivity index (χ0) is 15.5. The Labute approximate surface area is 128 Å². The van der Waals surface area contributed by atoms with Crippen LogP contribution in [0.4, 0.5) is 5.69 Å². The minimum absolute atomic E-state index is 0.0122. The van der Waals surface area contributed by atoms with E-state index in [-0.39, 0.29) is 11.5 Å². The highest BCUT2D eigenvalue weighted by molar-refractivity contribution is 5.94. The van der Waals surface area contributed by atoms with Crippen molar-refractivity contribution in [1.29, 1.82) is 10.7 Å². The Bertz CT molecular complexity index is 665. The molecule has 116 valence electrons. The van der Waals surface area contributed by atoms with Gasteiger partial charge in [0.2, 0.25) is 5.96 Å². The lowest BCUT2D eigenvalue weighted by Gasteiger charge is -2.40. The number of nitrogens with one attached hydrogen (secondary N) is 3. The summed E-state index contributed by atoms with van der Waals surface area (Å²) in [5, 5.41) is 31.4. The van der Waals surface area contributed by atoms with E-state index >= 15 is 0 Å². The third-order valence-corrected chi connectivity index (χ3v) is 4.67. The van der Waals surface area contributed by atoms with Gasteiger partial charge >= 0.3 is 0 Å². The molecular weight excluding hydrogens is 280 g/mol. The zero-order valence-corrected chi connectivity index (χ0v) is 12.3. The fourth-order valence-corrected chi connectivity index (χ4v) is 3.52. The van der Waals surface area contributed by atoms with E-state index in [9.17, 15) is 5.21 Å². The lowest BCUT2D eigenvalue weighted by atomic mass is 9.68. The van der Waals surface area contributed by atoms with Gasteiger partial charge in [0.25, 0.3) is 0 Å². The average Bonchev–Trinajstić information content (AvgIpc) is 2.52. The van der Waals surface area contributed by atoms with E-state index in [1.807, 2.05) is 6.19 Å². The highest BCUT2D eigenvalue weighted by atomic mass is 16.5. The third kappa shape index (κ3) is 3.06. The second-order valence-corrected chi connectivity index (χ2v) is 6.07. The van der Waals surface area contributed by atoms with Crippen molar-refractivity contribution < 1.29 is 5.21 Å². The third-order valence-electron chi connectivity index (χ3n) is 4.67. The molecule has 3 saturated carbocycles. The molecule has 0 saturated heterocycles. The summed E-state index contributed by atoms with van der Waals surface area (Å²) < 4.78 is 0.717. The number of fused-ring (bicyclic) bond motifs is 3. The average molecular weight is 300 g/mol. The molecule has 0 amide bonds. The quantitative estimate of drug-likeness (QED) is 0.219. The summed E-state index contributed by atoms with van der Waals surface area (Å²) in [4.78, 5) is 4.69. The van der Waals surface area contributed by atoms with Crippen molar-refractivity contribution in [2.75, 3.05) is 5.32 Å². The van der Waals surface area contributed by atoms with Crippen molar-refractivity contribution >= 4 is 11.6 Å². The molecule has 0 radical (unpaired) electrons. The Hall–Kier alpha value is -2.49. The van der Waals surface area contributed by atoms with Gasteiger partial charge in [-0.15, -0.1) is 0 Å². The monoisotopic (exact) mass is 300 g/mol. The summed E-state index contributed by atoms with van der Waals surface area (Å²) in [6, 6.07) is 3.39. The first-order valence-electron chi connectivity index (χ1n) is 7.62. The van der Waals surface area contributed by atoms with Gasteiger partial charge in [0.05, 0.1) is 17.9 Å². The SMILES string of the molecule is N#CNC(=NC1CC2CCC1CC2)Nc1ccc(=N)n(O)c1. The number of aromatic nitrogens is 1. The van der Waals surface area contributed by atoms with Crippen LogP contribution in [0.2, 0.25) is 0 Å². The van der Waals surface area contributed by atoms with Gasteiger partial charge < -0.3 is 10.5 Å². The highest BCUT2D eigenvalue weighted by Crippen LogP contribution is 2.42. The van der Waals surface area contributed by atoms with Crippen LogP contribution in [0.3, 0.4) is 0 Å². The number of rotatable bonds is 2. The first-order valence-corrected chi connectivity index (χ1v) is 7.62. The first-order chi connectivity index (χ1) is 10.7. The Morgan fingerprint density at radius 2 is 2.14 bits per heavy atom. The molecule has 1 heterocycles. The summed E-state index contributed by atoms with van der Waals surface area (Å²) in [6.45, 7) is 0. The summed E-state index contributed by atoms with van der Waals surface area (Å²) in [5.74, 6) is 1.78. The van der Waals surface area contributed by atoms with Crippen molar-refractivity contribution in [3.63, 3.8) is 0 Å². The number of nitriles is 1. The van der Waals surface area contributed by atoms with Gasteiger partial charge in [0.15, 0.2) is 11.7 Å². The molecule has 0 aliphatic heterocycles. The largest absolute Gasteiger partial charge is 0.427 e. The summed E-state index contributed by atoms with van der Waals surface area (Å²) in [6.07, 6.45) is 9.43. The van der Waals surface area contributed by atoms with Gasteiger partial charge in [-0.1, -0.05) is 12.8 Å². The maximum atomic E-state index is 9.51. The van der Waals surface area contributed by atoms with Crippen molar-refractivity contribution in [1.82, 2.24) is 10.0 Å². The molecule has 0 aromatic carbocycles. The number of hydrogen-bond acceptors (Lipinski definition) is 4. The molecule has 1 aromatic heterocycles. The Balaban J connectivity index is 1.77. The van der Waals surface area contributed by atoms with Crippen LogP contribution in [-0.4, -0.2) is 21.9 Å². The van der Waals surface area contributed by atoms with Gasteiger partial charge in [-0.3, -0.25) is 10.7 Å². The van der Waals surface area contributed by atoms with Gasteiger partial charge in [-0.25, -0.2) is 4.99 Å². The van der Waals surface area contributed by atoms with Gasteiger partial charge in [0, 0.05) is 0 Å². The van der Waals surface area contributed by atoms with E-state index in [1.54, 1.807) is 6.07 Å². The first kappa shape index (κ1) is 14.4. The minimum Gasteiger partial charge on any atom is -0.427 e. The fourth-order valence-electron chi connectivity index (χ4n) is 3.52. The minimum atomic E-state index is -0.0122. The van der Waals surface area contributed by atoms with Crippen LogP contribution in [0.15, 0.2) is 23.3 Å². The lowest BCUT2D eigenvalue weighted by Crippen LogP contribution is -2.37. The Morgan fingerprint density at radius 3 is 2.73 bits per heavy atom. The van der Waals surface area contributed by atoms with Crippen LogP contribution < -0.4 is 16.1 Å². The van der Waals surface area contributed by atoms with Crippen LogP contribution in [0, 0.1) is 28.7 Å². The van der Waals surface area contributed by atoms with Crippen molar-refractivity contribution in [3.05, 3.63) is 23.8 Å². The summed E-state index contributed by atoms with van der Waals surface area (Å²) in [7, 11) is 0. The van der Waals surface area contributed by atoms with E-state index < -0.39 is 0 Å². The molecule has 7 heteroatoms. The van der Waals surface area contributed by atoms with Crippen molar-refractivity contribution in [3.8, 4) is 6.19 Å². The molecule has 1 atom stereocenters. The topological polar surface area (TPSA) is 109 Å². The normalized spacial score (nSPS) is 27.2. The fraction of sp³-hybridized carbons (Fsp3) is 0.533. The number of aliphatic imine (C=N–C) groups is 1. The smallest absolute Gasteiger partial charge is 0.209 e. The molecule has 4 N–H and O–H groups in total. The Morgan fingerprint density at radius 1 is 1.36 bits per heavy atom. The van der Waals surface area contributed by atoms with E-state index in [2.05, 4.69) is 15.6 Å². The highest BCUT2D eigenvalue weighted by Gasteiger charge is 2.35. The molecule has 1 unspecified atom stereocenters. The van der Waals surface area contributed by atoms with Gasteiger partial charge in [-0.2, -0.15) is 9.99 Å². The number of pyridine rings is 1. The Kier molecular flexibility index (Phi) is 4.00. The molecule has 22 heavy (non-hydrogen) atoms. The molecule has 7 nitrogen and oxygen atoms in total. The predicted molar refractivity (Wildman–Crippen MR) is 81.1 cm³/mol. The van der Waals surface area contributed by atoms with Gasteiger partial charge in [-0.05, 0) is 43.2 Å². The number of hydrogen-bond donors (Lipinski definition) is 4. The van der Waals surface area contributed by atoms with E-state index in [4.69, 9.17) is 10.7 Å². The van der Waals surface area contributed by atoms with Crippen molar-refractivity contribution in [2.45, 2.75) is 38.1 Å². The lowest BCUT2D eigenvalue weighted by molar-refractivity contribution is 0.148. The molecule has 0 spiro atoms. The predicted octanol–water partition coefficient (Wildman–Crippen LogP) is 1.62. The van der Waals surface area contributed by atoms with Crippen LogP contribution >= 0.6 is 0 Å². The van der Waals surface area contributed by atoms with E-state index in [1.165, 1.54) is 37.9 Å². The molecule has 3 fully saturated rings. The summed E-state index contributed by atoms with van der Waals surface area (Å²) >= 11 is 0. The maximum Gasteiger partial charge on any atom is 0.209 e. The zero-order valence-electron chi connectivity index (χ0n) is 12.3. The second-order valence-electron chi connectivity index (χ2n) is 6.07. The van der Waals surface area contributed by atoms with Gasteiger partial charge in [0.1, 0.15) is 0 Å². The molecule has 2 bridgehead atoms. The summed E-state index contributed by atoms with van der Waals surface area (Å²) in [5.41, 5.74) is 0.558. The number of nitrogens with zero attached hydrogens (tertiary/aromatic N) is 3. The van der Waals surface area contributed by atoms with E-state index in [0.29, 0.717) is 17.6 Å². The molecule has 4 rings (SSSR count). The molecule has 3 aliphatic carbocycles. The van der Waals surface area contributed by atoms with Crippen molar-refractivity contribution in [2.24, 2.45) is 16.8 Å². The molecule has 3 aliphatic rings. The number of anilines is 1. The van der Waals surface area contributed by atoms with E-state index in [0.717, 1.165) is 17.1 Å². The van der Waals surface area contributed by atoms with Crippen LogP contribution in [0.1, 0.15) is 32.1 Å². The molecule has 1 aromatic rings. The standard InChI is InChI=1S/C15H20N6O/c16-9-18-15(19-12-5-6-14(17)21(22)8-12)20-13-7-10-1-3-11(13)4-2-10/h5-6,8,10-11,13,17,22H,1-4,7H2,(H2,18,19,20). The van der Waals surface area contributed by atoms with Crippen LogP contribution in [0.25, 0.3) is 0 Å². The number of guanidine groups is 1. The van der Waals surface area contributed by atoms with Crippen LogP contribution in [-0.2, 0) is 0 Å². The van der Waals surface area contributed by atoms with Crippen LogP contribution in [0.5, 0.6) is 0 Å².